The summed E-state index contributed by atoms with van der Waals surface area (Å²) in [5.74, 6) is -1.69. The molecule has 0 unspecified atom stereocenters. The van der Waals surface area contributed by atoms with Crippen LogP contribution in [0.2, 0.25) is 0 Å². The van der Waals surface area contributed by atoms with E-state index in [2.05, 4.69) is 15.5 Å². The van der Waals surface area contributed by atoms with Crippen LogP contribution in [0.3, 0.4) is 0 Å². The molecule has 1 aliphatic heterocycles. The number of likely N-dealkylation sites (tertiary alicyclic amines) is 1. The molecule has 1 fully saturated rings. The van der Waals surface area contributed by atoms with Gasteiger partial charge in [0.2, 0.25) is 22.9 Å². The molecule has 166 valence electrons. The summed E-state index contributed by atoms with van der Waals surface area (Å²) in [7, 11) is 0. The van der Waals surface area contributed by atoms with Crippen LogP contribution in [0.1, 0.15) is 45.4 Å². The number of hydrogen-bond acceptors (Lipinski definition) is 7. The summed E-state index contributed by atoms with van der Waals surface area (Å²) in [6, 6.07) is 8.95. The minimum absolute atomic E-state index is 0.100. The van der Waals surface area contributed by atoms with Gasteiger partial charge < -0.3 is 4.90 Å². The number of nitrogens with zero attached hydrogens (tertiary/aromatic N) is 3. The molecule has 9 nitrogen and oxygen atoms in total. The van der Waals surface area contributed by atoms with Crippen molar-refractivity contribution in [3.05, 3.63) is 30.3 Å². The first kappa shape index (κ1) is 22.8. The van der Waals surface area contributed by atoms with Gasteiger partial charge in [0.1, 0.15) is 11.0 Å². The van der Waals surface area contributed by atoms with Crippen LogP contribution in [-0.2, 0) is 14.4 Å². The topological polar surface area (TPSA) is 125 Å². The van der Waals surface area contributed by atoms with E-state index in [0.717, 1.165) is 18.4 Å². The average Bonchev–Trinajstić information content (AvgIpc) is 3.46. The number of hydroxylamine groups is 1. The molecule has 2 heterocycles. The molecule has 0 aliphatic carbocycles. The maximum Gasteiger partial charge on any atom is 0.249 e. The van der Waals surface area contributed by atoms with Crippen molar-refractivity contribution in [2.24, 2.45) is 5.92 Å². The van der Waals surface area contributed by atoms with E-state index in [9.17, 15) is 14.4 Å². The first-order valence-corrected chi connectivity index (χ1v) is 11.3. The summed E-state index contributed by atoms with van der Waals surface area (Å²) in [6.45, 7) is 2.47. The molecule has 0 saturated carbocycles. The molecule has 31 heavy (non-hydrogen) atoms. The van der Waals surface area contributed by atoms with Gasteiger partial charge in [-0.05, 0) is 19.3 Å². The Hall–Kier alpha value is -2.85. The summed E-state index contributed by atoms with van der Waals surface area (Å²) in [5.41, 5.74) is 2.51. The van der Waals surface area contributed by atoms with Crippen molar-refractivity contribution in [1.29, 1.82) is 0 Å². The molecular formula is C21H27N5O4S. The Bertz CT molecular complexity index is 904. The lowest BCUT2D eigenvalue weighted by Gasteiger charge is -2.27. The minimum Gasteiger partial charge on any atom is -0.330 e. The van der Waals surface area contributed by atoms with E-state index in [0.29, 0.717) is 35.9 Å². The van der Waals surface area contributed by atoms with Crippen LogP contribution in [0.4, 0.5) is 5.13 Å². The van der Waals surface area contributed by atoms with Crippen LogP contribution < -0.4 is 10.8 Å². The normalized spacial score (nSPS) is 16.7. The second-order valence-electron chi connectivity index (χ2n) is 7.54. The number of amides is 3. The summed E-state index contributed by atoms with van der Waals surface area (Å²) < 4.78 is 0. The van der Waals surface area contributed by atoms with Crippen molar-refractivity contribution < 1.29 is 19.6 Å². The third-order valence-corrected chi connectivity index (χ3v) is 6.21. The molecule has 3 rings (SSSR count). The fourth-order valence-electron chi connectivity index (χ4n) is 3.73. The Labute approximate surface area is 184 Å². The number of benzene rings is 1. The Morgan fingerprint density at radius 1 is 1.26 bits per heavy atom. The van der Waals surface area contributed by atoms with Gasteiger partial charge in [-0.1, -0.05) is 61.4 Å². The molecule has 3 N–H and O–H groups in total. The molecule has 1 aliphatic rings. The van der Waals surface area contributed by atoms with Crippen molar-refractivity contribution >= 4 is 34.2 Å². The zero-order chi connectivity index (χ0) is 22.2. The lowest BCUT2D eigenvalue weighted by molar-refractivity contribution is -0.143. The zero-order valence-corrected chi connectivity index (χ0v) is 18.2. The highest BCUT2D eigenvalue weighted by molar-refractivity contribution is 7.18. The Morgan fingerprint density at radius 3 is 2.74 bits per heavy atom. The molecule has 1 saturated heterocycles. The first-order valence-electron chi connectivity index (χ1n) is 10.5. The van der Waals surface area contributed by atoms with Crippen LogP contribution in [0.15, 0.2) is 30.3 Å². The fraction of sp³-hybridized carbons (Fsp3) is 0.476. The lowest BCUT2D eigenvalue weighted by atomic mass is 9.96. The van der Waals surface area contributed by atoms with Crippen molar-refractivity contribution in [2.45, 2.75) is 51.5 Å². The van der Waals surface area contributed by atoms with Gasteiger partial charge in [0.25, 0.3) is 0 Å². The quantitative estimate of drug-likeness (QED) is 0.403. The van der Waals surface area contributed by atoms with Crippen LogP contribution in [0.25, 0.3) is 10.6 Å². The molecule has 0 radical (unpaired) electrons. The highest BCUT2D eigenvalue weighted by atomic mass is 32.1. The first-order chi connectivity index (χ1) is 15.0. The second kappa shape index (κ2) is 11.0. The van der Waals surface area contributed by atoms with E-state index in [1.807, 2.05) is 37.3 Å². The van der Waals surface area contributed by atoms with Gasteiger partial charge in [-0.3, -0.25) is 24.9 Å². The Morgan fingerprint density at radius 2 is 2.03 bits per heavy atom. The Kier molecular flexibility index (Phi) is 8.07. The van der Waals surface area contributed by atoms with Gasteiger partial charge in [-0.25, -0.2) is 5.48 Å². The number of hydrogen-bond donors (Lipinski definition) is 3. The zero-order valence-electron chi connectivity index (χ0n) is 17.4. The smallest absolute Gasteiger partial charge is 0.249 e. The summed E-state index contributed by atoms with van der Waals surface area (Å²) in [4.78, 5) is 39.2. The number of unbranched alkanes of at least 4 members (excludes halogenated alkanes) is 1. The van der Waals surface area contributed by atoms with E-state index < -0.39 is 17.9 Å². The average molecular weight is 446 g/mol. The molecular weight excluding hydrogens is 418 g/mol. The van der Waals surface area contributed by atoms with Crippen molar-refractivity contribution in [3.8, 4) is 10.6 Å². The molecule has 0 spiro atoms. The standard InChI is InChI=1S/C21H27N5O4S/c1-2-3-8-15(13-17(27)25-30)20(29)26-12-7-11-16(26)18(28)22-21-24-23-19(31-21)14-9-5-4-6-10-14/h4-6,9-10,15-16,30H,2-3,7-8,11-13H2,1H3,(H,25,27)(H,22,24,28)/t15-,16+/m1/s1. The Balaban J connectivity index is 1.67. The van der Waals surface area contributed by atoms with Crippen molar-refractivity contribution in [3.63, 3.8) is 0 Å². The summed E-state index contributed by atoms with van der Waals surface area (Å²) >= 11 is 1.27. The molecule has 2 aromatic rings. The van der Waals surface area contributed by atoms with Crippen LogP contribution in [-0.4, -0.2) is 50.6 Å². The predicted octanol–water partition coefficient (Wildman–Crippen LogP) is 2.84. The van der Waals surface area contributed by atoms with Crippen molar-refractivity contribution in [2.75, 3.05) is 11.9 Å². The lowest BCUT2D eigenvalue weighted by Crippen LogP contribution is -2.46. The van der Waals surface area contributed by atoms with E-state index in [1.54, 1.807) is 10.4 Å². The van der Waals surface area contributed by atoms with E-state index in [1.165, 1.54) is 11.3 Å². The van der Waals surface area contributed by atoms with Crippen LogP contribution in [0.5, 0.6) is 0 Å². The third kappa shape index (κ3) is 5.86. The summed E-state index contributed by atoms with van der Waals surface area (Å²) in [6.07, 6.45) is 3.36. The number of nitrogens with one attached hydrogen (secondary N) is 2. The highest BCUT2D eigenvalue weighted by Crippen LogP contribution is 2.28. The van der Waals surface area contributed by atoms with Gasteiger partial charge in [-0.2, -0.15) is 0 Å². The molecule has 3 amide bonds. The van der Waals surface area contributed by atoms with Crippen LogP contribution >= 0.6 is 11.3 Å². The van der Waals surface area contributed by atoms with Crippen LogP contribution in [0, 0.1) is 5.92 Å². The number of carbonyl (C=O) groups is 3. The van der Waals surface area contributed by atoms with E-state index in [4.69, 9.17) is 5.21 Å². The maximum atomic E-state index is 13.1. The van der Waals surface area contributed by atoms with E-state index in [-0.39, 0.29) is 18.2 Å². The van der Waals surface area contributed by atoms with Gasteiger partial charge >= 0.3 is 0 Å². The third-order valence-electron chi connectivity index (χ3n) is 5.33. The number of carbonyl (C=O) groups excluding carboxylic acids is 3. The van der Waals surface area contributed by atoms with Gasteiger partial charge in [0.05, 0.1) is 0 Å². The molecule has 2 atom stereocenters. The van der Waals surface area contributed by atoms with E-state index >= 15 is 0 Å². The molecule has 1 aromatic carbocycles. The number of anilines is 1. The minimum atomic E-state index is -0.613. The van der Waals surface area contributed by atoms with Crippen molar-refractivity contribution in [1.82, 2.24) is 20.6 Å². The number of rotatable bonds is 9. The SMILES string of the molecule is CCCC[C@H](CC(=O)NO)C(=O)N1CCC[C@H]1C(=O)Nc1nnc(-c2ccccc2)s1. The second-order valence-corrected chi connectivity index (χ2v) is 8.51. The van der Waals surface area contributed by atoms with Gasteiger partial charge in [-0.15, -0.1) is 10.2 Å². The summed E-state index contributed by atoms with van der Waals surface area (Å²) in [5, 5.41) is 20.9. The monoisotopic (exact) mass is 445 g/mol. The van der Waals surface area contributed by atoms with Gasteiger partial charge in [0, 0.05) is 24.4 Å². The van der Waals surface area contributed by atoms with Gasteiger partial charge in [0.15, 0.2) is 0 Å². The molecule has 10 heteroatoms. The fourth-order valence-corrected chi connectivity index (χ4v) is 4.48. The molecule has 1 aromatic heterocycles. The number of aromatic nitrogens is 2. The highest BCUT2D eigenvalue weighted by Gasteiger charge is 2.37. The molecule has 0 bridgehead atoms. The predicted molar refractivity (Wildman–Crippen MR) is 116 cm³/mol. The maximum absolute atomic E-state index is 13.1. The largest absolute Gasteiger partial charge is 0.330 e.